The Morgan fingerprint density at radius 3 is 2.40 bits per heavy atom. The molecule has 1 rings (SSSR count). The normalized spacial score (nSPS) is 27.1. The zero-order valence-corrected chi connectivity index (χ0v) is 7.08. The Balaban J connectivity index is 2.81. The zero-order chi connectivity index (χ0) is 7.78. The second-order valence-electron chi connectivity index (χ2n) is 2.60. The van der Waals surface area contributed by atoms with Gasteiger partial charge in [-0.2, -0.15) is 0 Å². The van der Waals surface area contributed by atoms with Crippen LogP contribution in [0, 0.1) is 0 Å². The van der Waals surface area contributed by atoms with E-state index >= 15 is 0 Å². The van der Waals surface area contributed by atoms with E-state index in [0.29, 0.717) is 0 Å². The summed E-state index contributed by atoms with van der Waals surface area (Å²) in [6.07, 6.45) is 0. The van der Waals surface area contributed by atoms with Gasteiger partial charge in [0.25, 0.3) is 0 Å². The highest BCUT2D eigenvalue weighted by molar-refractivity contribution is 8.16. The molecule has 0 aromatic heterocycles. The maximum Gasteiger partial charge on any atom is 0.242 e. The molecule has 1 N–H and O–H groups in total. The summed E-state index contributed by atoms with van der Waals surface area (Å²) >= 11 is 1.47. The number of nitrogens with zero attached hydrogens (tertiary/aromatic N) is 1. The molecule has 0 aromatic rings. The topological polar surface area (TPSA) is 41.5 Å². The molecule has 0 atom stereocenters. The minimum absolute atomic E-state index is 0.0399. The van der Waals surface area contributed by atoms with Gasteiger partial charge in [0.2, 0.25) is 5.91 Å². The summed E-state index contributed by atoms with van der Waals surface area (Å²) < 4.78 is -0.338. The van der Waals surface area contributed by atoms with Crippen LogP contribution in [0.2, 0.25) is 0 Å². The molecule has 0 aromatic carbocycles. The molecule has 4 heteroatoms. The van der Waals surface area contributed by atoms with Crippen molar-refractivity contribution in [3.63, 3.8) is 0 Å². The molecule has 0 saturated carbocycles. The smallest absolute Gasteiger partial charge is 0.242 e. The number of nitrogens with one attached hydrogen (secondary N) is 1. The van der Waals surface area contributed by atoms with Crippen LogP contribution in [-0.2, 0) is 4.79 Å². The van der Waals surface area contributed by atoms with Gasteiger partial charge in [-0.15, -0.1) is 0 Å². The molecular formula is C6H10N2OS. The van der Waals surface area contributed by atoms with Gasteiger partial charge >= 0.3 is 0 Å². The van der Waals surface area contributed by atoms with Crippen LogP contribution in [0.15, 0.2) is 4.99 Å². The molecule has 10 heavy (non-hydrogen) atoms. The number of hydrogen-bond donors (Lipinski definition) is 1. The molecular weight excluding hydrogens is 148 g/mol. The van der Waals surface area contributed by atoms with Crippen LogP contribution in [0.25, 0.3) is 0 Å². The van der Waals surface area contributed by atoms with E-state index in [1.165, 1.54) is 11.8 Å². The average molecular weight is 158 g/mol. The van der Waals surface area contributed by atoms with Crippen LogP contribution in [0.3, 0.4) is 0 Å². The predicted octanol–water partition coefficient (Wildman–Crippen LogP) is 0.614. The van der Waals surface area contributed by atoms with E-state index < -0.39 is 0 Å². The van der Waals surface area contributed by atoms with Gasteiger partial charge in [0.15, 0.2) is 5.17 Å². The van der Waals surface area contributed by atoms with Crippen molar-refractivity contribution >= 4 is 22.8 Å². The lowest BCUT2D eigenvalue weighted by Crippen LogP contribution is -2.30. The summed E-state index contributed by atoms with van der Waals surface area (Å²) in [6, 6.07) is 0. The first-order valence-electron chi connectivity index (χ1n) is 3.03. The number of aliphatic imine (C=N–C) groups is 1. The Labute approximate surface area is 64.3 Å². The number of amides is 1. The van der Waals surface area contributed by atoms with Crippen LogP contribution >= 0.6 is 11.8 Å². The molecule has 1 heterocycles. The minimum atomic E-state index is -0.338. The van der Waals surface area contributed by atoms with Gasteiger partial charge in [0.1, 0.15) is 0 Å². The predicted molar refractivity (Wildman–Crippen MR) is 43.2 cm³/mol. The van der Waals surface area contributed by atoms with Gasteiger partial charge in [0.05, 0.1) is 4.75 Å². The molecule has 0 aliphatic carbocycles. The van der Waals surface area contributed by atoms with Crippen molar-refractivity contribution in [2.75, 3.05) is 7.05 Å². The highest BCUT2D eigenvalue weighted by atomic mass is 32.2. The largest absolute Gasteiger partial charge is 0.304 e. The summed E-state index contributed by atoms with van der Waals surface area (Å²) in [6.45, 7) is 3.76. The first kappa shape index (κ1) is 7.60. The Morgan fingerprint density at radius 1 is 1.60 bits per heavy atom. The van der Waals surface area contributed by atoms with Crippen molar-refractivity contribution in [3.8, 4) is 0 Å². The minimum Gasteiger partial charge on any atom is -0.304 e. The maximum absolute atomic E-state index is 11.1. The molecule has 1 aliphatic heterocycles. The highest BCUT2D eigenvalue weighted by Gasteiger charge is 2.37. The number of thioether (sulfide) groups is 1. The van der Waals surface area contributed by atoms with Gasteiger partial charge in [-0.1, -0.05) is 11.8 Å². The Morgan fingerprint density at radius 2 is 2.20 bits per heavy atom. The molecule has 0 unspecified atom stereocenters. The number of carbonyl (C=O) groups is 1. The molecule has 56 valence electrons. The zero-order valence-electron chi connectivity index (χ0n) is 6.26. The lowest BCUT2D eigenvalue weighted by atomic mass is 10.2. The van der Waals surface area contributed by atoms with E-state index in [9.17, 15) is 4.79 Å². The summed E-state index contributed by atoms with van der Waals surface area (Å²) in [7, 11) is 1.67. The van der Waals surface area contributed by atoms with Crippen LogP contribution in [0.1, 0.15) is 13.8 Å². The SMILES string of the molecule is CN=C1NC(=O)C(C)(C)S1. The molecule has 0 radical (unpaired) electrons. The van der Waals surface area contributed by atoms with Crippen molar-refractivity contribution in [2.45, 2.75) is 18.6 Å². The summed E-state index contributed by atoms with van der Waals surface area (Å²) in [5.74, 6) is 0.0399. The summed E-state index contributed by atoms with van der Waals surface area (Å²) in [5.41, 5.74) is 0. The number of rotatable bonds is 0. The van der Waals surface area contributed by atoms with Crippen molar-refractivity contribution in [1.29, 1.82) is 0 Å². The van der Waals surface area contributed by atoms with Crippen molar-refractivity contribution in [3.05, 3.63) is 0 Å². The Hall–Kier alpha value is -0.510. The van der Waals surface area contributed by atoms with Gasteiger partial charge < -0.3 is 5.32 Å². The van der Waals surface area contributed by atoms with Crippen LogP contribution in [0.5, 0.6) is 0 Å². The van der Waals surface area contributed by atoms with E-state index in [0.717, 1.165) is 5.17 Å². The van der Waals surface area contributed by atoms with E-state index in [2.05, 4.69) is 10.3 Å². The second kappa shape index (κ2) is 2.27. The molecule has 1 fully saturated rings. The standard InChI is InChI=1S/C6H10N2OS/c1-6(2)4(9)8-5(7-3)10-6/h1-3H3,(H,7,8,9). The van der Waals surface area contributed by atoms with E-state index in [4.69, 9.17) is 0 Å². The third-order valence-corrected chi connectivity index (χ3v) is 2.50. The molecule has 0 bridgehead atoms. The number of hydrogen-bond acceptors (Lipinski definition) is 3. The Bertz CT molecular complexity index is 198. The van der Waals surface area contributed by atoms with E-state index in [1.807, 2.05) is 13.8 Å². The summed E-state index contributed by atoms with van der Waals surface area (Å²) in [4.78, 5) is 14.9. The summed E-state index contributed by atoms with van der Waals surface area (Å²) in [5, 5.41) is 3.39. The van der Waals surface area contributed by atoms with Crippen LogP contribution in [0.4, 0.5) is 0 Å². The molecule has 1 aliphatic rings. The molecule has 1 saturated heterocycles. The van der Waals surface area contributed by atoms with Crippen LogP contribution < -0.4 is 5.32 Å². The van der Waals surface area contributed by atoms with Gasteiger partial charge in [0, 0.05) is 7.05 Å². The molecule has 1 amide bonds. The van der Waals surface area contributed by atoms with Crippen LogP contribution in [-0.4, -0.2) is 22.9 Å². The van der Waals surface area contributed by atoms with Gasteiger partial charge in [-0.3, -0.25) is 9.79 Å². The van der Waals surface area contributed by atoms with Gasteiger partial charge in [-0.25, -0.2) is 0 Å². The molecule has 0 spiro atoms. The first-order chi connectivity index (χ1) is 4.56. The average Bonchev–Trinajstić information content (AvgIpc) is 2.08. The monoisotopic (exact) mass is 158 g/mol. The quantitative estimate of drug-likeness (QED) is 0.561. The van der Waals surface area contributed by atoms with Crippen molar-refractivity contribution < 1.29 is 4.79 Å². The van der Waals surface area contributed by atoms with E-state index in [1.54, 1.807) is 7.05 Å². The fourth-order valence-corrected chi connectivity index (χ4v) is 1.52. The maximum atomic E-state index is 11.1. The number of carbonyl (C=O) groups excluding carboxylic acids is 1. The first-order valence-corrected chi connectivity index (χ1v) is 3.85. The Kier molecular flexibility index (Phi) is 1.72. The van der Waals surface area contributed by atoms with Crippen molar-refractivity contribution in [1.82, 2.24) is 5.32 Å². The third kappa shape index (κ3) is 1.16. The number of amidine groups is 1. The third-order valence-electron chi connectivity index (χ3n) is 1.32. The highest BCUT2D eigenvalue weighted by Crippen LogP contribution is 2.30. The fourth-order valence-electron chi connectivity index (χ4n) is 0.663. The molecule has 3 nitrogen and oxygen atoms in total. The fraction of sp³-hybridized carbons (Fsp3) is 0.667. The lowest BCUT2D eigenvalue weighted by Gasteiger charge is -2.08. The lowest BCUT2D eigenvalue weighted by molar-refractivity contribution is -0.120. The van der Waals surface area contributed by atoms with Crippen molar-refractivity contribution in [2.24, 2.45) is 4.99 Å². The van der Waals surface area contributed by atoms with Gasteiger partial charge in [-0.05, 0) is 13.8 Å². The van der Waals surface area contributed by atoms with E-state index in [-0.39, 0.29) is 10.7 Å². The second-order valence-corrected chi connectivity index (χ2v) is 4.21.